The number of hydrogen-bond donors (Lipinski definition) is 0. The van der Waals surface area contributed by atoms with Crippen molar-refractivity contribution in [3.8, 4) is 16.9 Å². The molecule has 0 aliphatic carbocycles. The molecular weight excluding hydrogens is 544 g/mol. The van der Waals surface area contributed by atoms with Gasteiger partial charge in [0.15, 0.2) is 6.10 Å². The Morgan fingerprint density at radius 3 is 2.19 bits per heavy atom. The summed E-state index contributed by atoms with van der Waals surface area (Å²) in [4.78, 5) is 14.0. The molecule has 1 aromatic heterocycles. The maximum absolute atomic E-state index is 12.6. The second-order valence-electron chi connectivity index (χ2n) is 9.48. The Labute approximate surface area is 230 Å². The minimum atomic E-state index is -0.724. The van der Waals surface area contributed by atoms with E-state index >= 15 is 0 Å². The number of hydrogen-bond acceptors (Lipinski definition) is 4. The Morgan fingerprint density at radius 2 is 1.54 bits per heavy atom. The number of benzene rings is 4. The van der Waals surface area contributed by atoms with Crippen molar-refractivity contribution < 1.29 is 14.3 Å². The first-order valence-electron chi connectivity index (χ1n) is 12.3. The molecule has 0 spiro atoms. The number of esters is 1. The molecule has 1 heterocycles. The first-order valence-corrected chi connectivity index (χ1v) is 13.9. The summed E-state index contributed by atoms with van der Waals surface area (Å²) in [5, 5.41) is 3.71. The monoisotopic (exact) mass is 572 g/mol. The summed E-state index contributed by atoms with van der Waals surface area (Å²) in [6, 6.07) is 22.8. The highest BCUT2D eigenvalue weighted by Crippen LogP contribution is 2.47. The number of ether oxygens (including phenoxy) is 2. The summed E-state index contributed by atoms with van der Waals surface area (Å²) in [5.74, 6) is 0.350. The number of rotatable bonds is 6. The van der Waals surface area contributed by atoms with E-state index in [9.17, 15) is 4.79 Å². The number of methoxy groups -OCH3 is 1. The number of carbonyl (C=O) groups excluding carboxylic acids is 1. The highest BCUT2D eigenvalue weighted by atomic mass is 79.9. The first kappa shape index (κ1) is 25.5. The molecule has 1 atom stereocenters. The molecule has 0 fully saturated rings. The number of fused-ring (bicyclic) bond motifs is 2. The number of thiophene rings is 1. The Bertz CT molecular complexity index is 1610. The summed E-state index contributed by atoms with van der Waals surface area (Å²) < 4.78 is 13.9. The van der Waals surface area contributed by atoms with Gasteiger partial charge in [0.1, 0.15) is 5.75 Å². The highest BCUT2D eigenvalue weighted by Gasteiger charge is 2.25. The minimum absolute atomic E-state index is 0.378. The minimum Gasteiger partial charge on any atom is -0.478 e. The molecule has 0 radical (unpaired) electrons. The van der Waals surface area contributed by atoms with Gasteiger partial charge in [-0.1, -0.05) is 54.6 Å². The van der Waals surface area contributed by atoms with Crippen LogP contribution in [-0.2, 0) is 16.0 Å². The van der Waals surface area contributed by atoms with E-state index in [1.807, 2.05) is 55.5 Å². The largest absolute Gasteiger partial charge is 0.478 e. The third-order valence-corrected chi connectivity index (χ3v) is 9.32. The van der Waals surface area contributed by atoms with E-state index in [-0.39, 0.29) is 5.97 Å². The predicted molar refractivity (Wildman–Crippen MR) is 158 cm³/mol. The van der Waals surface area contributed by atoms with Crippen molar-refractivity contribution in [2.75, 3.05) is 7.11 Å². The zero-order valence-electron chi connectivity index (χ0n) is 21.6. The number of aryl methyl sites for hydroxylation is 4. The second-order valence-corrected chi connectivity index (χ2v) is 11.5. The van der Waals surface area contributed by atoms with Crippen molar-refractivity contribution in [2.24, 2.45) is 0 Å². The fraction of sp³-hybridized carbons (Fsp3) is 0.219. The van der Waals surface area contributed by atoms with E-state index < -0.39 is 6.10 Å². The first-order chi connectivity index (χ1) is 17.8. The summed E-state index contributed by atoms with van der Waals surface area (Å²) >= 11 is 5.73. The molecule has 0 saturated carbocycles. The van der Waals surface area contributed by atoms with E-state index in [1.54, 1.807) is 0 Å². The van der Waals surface area contributed by atoms with Crippen molar-refractivity contribution in [1.29, 1.82) is 0 Å². The van der Waals surface area contributed by atoms with Crippen LogP contribution in [0.2, 0.25) is 0 Å². The van der Waals surface area contributed by atoms with Crippen LogP contribution in [0.4, 0.5) is 0 Å². The number of halogens is 1. The average Bonchev–Trinajstić information content (AvgIpc) is 3.20. The van der Waals surface area contributed by atoms with Gasteiger partial charge in [0, 0.05) is 21.2 Å². The fourth-order valence-electron chi connectivity index (χ4n) is 5.09. The lowest BCUT2D eigenvalue weighted by Crippen LogP contribution is -2.31. The van der Waals surface area contributed by atoms with Crippen molar-refractivity contribution in [3.63, 3.8) is 0 Å². The Morgan fingerprint density at radius 1 is 0.919 bits per heavy atom. The van der Waals surface area contributed by atoms with Crippen molar-refractivity contribution in [2.45, 2.75) is 40.2 Å². The smallest absolute Gasteiger partial charge is 0.347 e. The lowest BCUT2D eigenvalue weighted by atomic mass is 9.91. The molecule has 0 aliphatic heterocycles. The lowest BCUT2D eigenvalue weighted by molar-refractivity contribution is -0.148. The highest BCUT2D eigenvalue weighted by molar-refractivity contribution is 9.11. The molecule has 0 amide bonds. The lowest BCUT2D eigenvalue weighted by Gasteiger charge is -2.21. The molecule has 0 aliphatic rings. The quantitative estimate of drug-likeness (QED) is 0.190. The summed E-state index contributed by atoms with van der Waals surface area (Å²) in [6.45, 7) is 8.49. The predicted octanol–water partition coefficient (Wildman–Crippen LogP) is 8.88. The van der Waals surface area contributed by atoms with Gasteiger partial charge in [0.25, 0.3) is 0 Å². The molecule has 5 rings (SSSR count). The van der Waals surface area contributed by atoms with E-state index in [0.29, 0.717) is 6.42 Å². The van der Waals surface area contributed by atoms with E-state index in [4.69, 9.17) is 9.47 Å². The van der Waals surface area contributed by atoms with Crippen molar-refractivity contribution in [3.05, 3.63) is 98.3 Å². The summed E-state index contributed by atoms with van der Waals surface area (Å²) in [7, 11) is 1.40. The number of carbonyl (C=O) groups is 1. The normalized spacial score (nSPS) is 12.2. The molecule has 0 N–H and O–H groups in total. The van der Waals surface area contributed by atoms with Crippen LogP contribution >= 0.6 is 27.3 Å². The maximum atomic E-state index is 12.6. The van der Waals surface area contributed by atoms with Gasteiger partial charge in [0.05, 0.1) is 11.8 Å². The van der Waals surface area contributed by atoms with Crippen molar-refractivity contribution in [1.82, 2.24) is 0 Å². The molecule has 4 aromatic carbocycles. The van der Waals surface area contributed by atoms with Crippen molar-refractivity contribution >= 4 is 54.1 Å². The Kier molecular flexibility index (Phi) is 7.11. The van der Waals surface area contributed by atoms with Gasteiger partial charge in [-0.3, -0.25) is 0 Å². The van der Waals surface area contributed by atoms with Crippen LogP contribution in [0.5, 0.6) is 5.75 Å². The molecule has 37 heavy (non-hydrogen) atoms. The molecule has 3 nitrogen and oxygen atoms in total. The van der Waals surface area contributed by atoms with Crippen LogP contribution in [0.3, 0.4) is 0 Å². The zero-order valence-corrected chi connectivity index (χ0v) is 24.0. The summed E-state index contributed by atoms with van der Waals surface area (Å²) in [5.41, 5.74) is 6.70. The molecule has 0 bridgehead atoms. The molecule has 0 unspecified atom stereocenters. The molecule has 5 heteroatoms. The zero-order chi connectivity index (χ0) is 26.3. The second kappa shape index (κ2) is 10.3. The van der Waals surface area contributed by atoms with Crippen LogP contribution in [0.25, 0.3) is 32.0 Å². The maximum Gasteiger partial charge on any atom is 0.347 e. The van der Waals surface area contributed by atoms with Crippen LogP contribution in [-0.4, -0.2) is 19.2 Å². The molecular formula is C32H29BrO3S. The van der Waals surface area contributed by atoms with Gasteiger partial charge in [-0.05, 0) is 99.9 Å². The van der Waals surface area contributed by atoms with Gasteiger partial charge in [-0.25, -0.2) is 4.79 Å². The molecule has 188 valence electrons. The van der Waals surface area contributed by atoms with E-state index in [2.05, 4.69) is 66.2 Å². The fourth-order valence-corrected chi connectivity index (χ4v) is 6.99. The topological polar surface area (TPSA) is 35.5 Å². The van der Waals surface area contributed by atoms with Crippen LogP contribution < -0.4 is 4.74 Å². The van der Waals surface area contributed by atoms with Crippen LogP contribution in [0.1, 0.15) is 27.1 Å². The van der Waals surface area contributed by atoms with E-state index in [0.717, 1.165) is 32.5 Å². The van der Waals surface area contributed by atoms with Gasteiger partial charge >= 0.3 is 5.97 Å². The van der Waals surface area contributed by atoms with Gasteiger partial charge in [0.2, 0.25) is 0 Å². The average molecular weight is 574 g/mol. The van der Waals surface area contributed by atoms with Gasteiger partial charge in [-0.15, -0.1) is 11.3 Å². The SMILES string of the molecule is COC(=O)[C@@H](Cc1ccccc1)Oc1c(C)cc(-c2c3ccccc3c(Br)c3sc(C)c(C)c23)cc1C. The Balaban J connectivity index is 1.64. The van der Waals surface area contributed by atoms with E-state index in [1.165, 1.54) is 44.0 Å². The summed E-state index contributed by atoms with van der Waals surface area (Å²) in [6.07, 6.45) is -0.280. The standard InChI is InChI=1S/C32H29BrO3S/c1-18-15-23(16-19(2)30(18)36-26(32(34)35-5)17-22-11-7-6-8-12-22)28-24-13-9-10-14-25(24)29(33)31-27(28)20(3)21(4)37-31/h6-16,26H,17H2,1-5H3/t26-/m1/s1. The Hall–Kier alpha value is -3.15. The molecule has 0 saturated heterocycles. The third-order valence-electron chi connectivity index (χ3n) is 7.00. The van der Waals surface area contributed by atoms with Gasteiger partial charge in [-0.2, -0.15) is 0 Å². The van der Waals surface area contributed by atoms with Crippen LogP contribution in [0, 0.1) is 27.7 Å². The van der Waals surface area contributed by atoms with Crippen LogP contribution in [0.15, 0.2) is 71.2 Å². The molecule has 5 aromatic rings. The third kappa shape index (κ3) is 4.67. The van der Waals surface area contributed by atoms with Gasteiger partial charge < -0.3 is 9.47 Å².